The summed E-state index contributed by atoms with van der Waals surface area (Å²) in [5, 5.41) is 7.36. The second kappa shape index (κ2) is 7.91. The average Bonchev–Trinajstić information content (AvgIpc) is 3.19. The van der Waals surface area contributed by atoms with Gasteiger partial charge in [-0.1, -0.05) is 6.07 Å². The van der Waals surface area contributed by atoms with Gasteiger partial charge < -0.3 is 14.8 Å². The van der Waals surface area contributed by atoms with Crippen molar-refractivity contribution in [1.29, 1.82) is 0 Å². The van der Waals surface area contributed by atoms with Crippen molar-refractivity contribution in [2.75, 3.05) is 18.5 Å². The molecule has 1 fully saturated rings. The van der Waals surface area contributed by atoms with Crippen molar-refractivity contribution in [1.82, 2.24) is 9.78 Å². The Labute approximate surface area is 154 Å². The maximum absolute atomic E-state index is 12.6. The molecular formula is C20H27N3O3. The molecule has 6 nitrogen and oxygen atoms in total. The van der Waals surface area contributed by atoms with Gasteiger partial charge in [0.05, 0.1) is 23.9 Å². The van der Waals surface area contributed by atoms with E-state index in [1.54, 1.807) is 4.68 Å². The lowest BCUT2D eigenvalue weighted by molar-refractivity contribution is -0.115. The molecule has 0 aliphatic carbocycles. The fourth-order valence-corrected chi connectivity index (χ4v) is 3.24. The van der Waals surface area contributed by atoms with E-state index in [-0.39, 0.29) is 12.0 Å². The van der Waals surface area contributed by atoms with Gasteiger partial charge >= 0.3 is 0 Å². The van der Waals surface area contributed by atoms with Crippen LogP contribution in [-0.2, 0) is 23.0 Å². The summed E-state index contributed by atoms with van der Waals surface area (Å²) in [5.74, 6) is 0.614. The highest BCUT2D eigenvalue weighted by atomic mass is 16.5. The van der Waals surface area contributed by atoms with Gasteiger partial charge in [0.1, 0.15) is 12.4 Å². The Bertz CT molecular complexity index is 792. The van der Waals surface area contributed by atoms with Crippen molar-refractivity contribution in [3.63, 3.8) is 0 Å². The topological polar surface area (TPSA) is 65.4 Å². The summed E-state index contributed by atoms with van der Waals surface area (Å²) in [6.07, 6.45) is 2.53. The van der Waals surface area contributed by atoms with E-state index in [0.29, 0.717) is 24.5 Å². The van der Waals surface area contributed by atoms with Crippen LogP contribution in [0.1, 0.15) is 35.4 Å². The molecule has 0 saturated carbocycles. The van der Waals surface area contributed by atoms with Gasteiger partial charge in [-0.15, -0.1) is 0 Å². The first-order chi connectivity index (χ1) is 12.4. The highest BCUT2D eigenvalue weighted by molar-refractivity contribution is 5.94. The number of benzene rings is 1. The van der Waals surface area contributed by atoms with Gasteiger partial charge in [-0.05, 0) is 51.3 Å². The van der Waals surface area contributed by atoms with E-state index in [1.165, 1.54) is 0 Å². The number of carbonyl (C=O) groups excluding carboxylic acids is 1. The Morgan fingerprint density at radius 1 is 1.38 bits per heavy atom. The second-order valence-corrected chi connectivity index (χ2v) is 6.94. The van der Waals surface area contributed by atoms with Gasteiger partial charge in [0.15, 0.2) is 0 Å². The van der Waals surface area contributed by atoms with Gasteiger partial charge in [-0.2, -0.15) is 5.10 Å². The van der Waals surface area contributed by atoms with Crippen LogP contribution in [0.15, 0.2) is 18.2 Å². The summed E-state index contributed by atoms with van der Waals surface area (Å²) in [7, 11) is 1.89. The molecule has 1 aliphatic heterocycles. The normalized spacial score (nSPS) is 16.7. The second-order valence-electron chi connectivity index (χ2n) is 6.94. The monoisotopic (exact) mass is 357 g/mol. The molecule has 26 heavy (non-hydrogen) atoms. The number of aromatic nitrogens is 2. The Hall–Kier alpha value is -2.34. The van der Waals surface area contributed by atoms with Crippen molar-refractivity contribution >= 4 is 11.6 Å². The average molecular weight is 357 g/mol. The summed E-state index contributed by atoms with van der Waals surface area (Å²) in [5.41, 5.74) is 4.65. The quantitative estimate of drug-likeness (QED) is 0.863. The van der Waals surface area contributed by atoms with Crippen LogP contribution in [0.5, 0.6) is 5.75 Å². The highest BCUT2D eigenvalue weighted by Crippen LogP contribution is 2.27. The van der Waals surface area contributed by atoms with E-state index in [1.807, 2.05) is 46.0 Å². The molecule has 6 heteroatoms. The Morgan fingerprint density at radius 2 is 2.19 bits per heavy atom. The largest absolute Gasteiger partial charge is 0.489 e. The molecule has 0 radical (unpaired) electrons. The lowest BCUT2D eigenvalue weighted by Crippen LogP contribution is -2.19. The number of hydrogen-bond acceptors (Lipinski definition) is 4. The fourth-order valence-electron chi connectivity index (χ4n) is 3.24. The van der Waals surface area contributed by atoms with Crippen LogP contribution in [0, 0.1) is 20.8 Å². The molecule has 1 saturated heterocycles. The number of carbonyl (C=O) groups is 1. The molecule has 1 aromatic carbocycles. The molecule has 1 aromatic heterocycles. The molecule has 0 bridgehead atoms. The maximum Gasteiger partial charge on any atom is 0.229 e. The van der Waals surface area contributed by atoms with Crippen LogP contribution in [-0.4, -0.2) is 35.0 Å². The maximum atomic E-state index is 12.6. The molecule has 1 unspecified atom stereocenters. The third-order valence-corrected chi connectivity index (χ3v) is 4.86. The first-order valence-corrected chi connectivity index (χ1v) is 9.08. The molecule has 1 N–H and O–H groups in total. The molecule has 1 aliphatic rings. The number of aryl methyl sites for hydroxylation is 3. The summed E-state index contributed by atoms with van der Waals surface area (Å²) >= 11 is 0. The number of anilines is 1. The number of hydrogen-bond donors (Lipinski definition) is 1. The Kier molecular flexibility index (Phi) is 5.61. The van der Waals surface area contributed by atoms with Crippen molar-refractivity contribution in [3.8, 4) is 5.75 Å². The molecule has 2 aromatic rings. The standard InChI is InChI=1S/C20H27N3O3/c1-13-7-8-18(19(10-13)26-12-16-6-5-9-25-16)21-20(24)11-17-14(2)22-23(4)15(17)3/h7-8,10,16H,5-6,9,11-12H2,1-4H3,(H,21,24). The van der Waals surface area contributed by atoms with Crippen LogP contribution >= 0.6 is 0 Å². The zero-order chi connectivity index (χ0) is 18.7. The van der Waals surface area contributed by atoms with Crippen molar-refractivity contribution in [2.45, 2.75) is 46.1 Å². The molecule has 2 heterocycles. The van der Waals surface area contributed by atoms with Crippen LogP contribution in [0.25, 0.3) is 0 Å². The number of rotatable bonds is 6. The van der Waals surface area contributed by atoms with Gasteiger partial charge in [0, 0.05) is 24.9 Å². The Balaban J connectivity index is 1.68. The molecule has 140 valence electrons. The third-order valence-electron chi connectivity index (χ3n) is 4.86. The summed E-state index contributed by atoms with van der Waals surface area (Å²) in [4.78, 5) is 12.6. The number of nitrogens with zero attached hydrogens (tertiary/aromatic N) is 2. The van der Waals surface area contributed by atoms with Gasteiger partial charge in [0.2, 0.25) is 5.91 Å². The number of nitrogens with one attached hydrogen (secondary N) is 1. The van der Waals surface area contributed by atoms with E-state index in [0.717, 1.165) is 42.0 Å². The van der Waals surface area contributed by atoms with E-state index < -0.39 is 0 Å². The van der Waals surface area contributed by atoms with E-state index in [4.69, 9.17) is 9.47 Å². The molecule has 0 spiro atoms. The predicted molar refractivity (Wildman–Crippen MR) is 101 cm³/mol. The summed E-state index contributed by atoms with van der Waals surface area (Å²) in [6, 6.07) is 5.81. The first kappa shape index (κ1) is 18.5. The zero-order valence-corrected chi connectivity index (χ0v) is 16.0. The lowest BCUT2D eigenvalue weighted by atomic mass is 10.1. The number of amides is 1. The van der Waals surface area contributed by atoms with Crippen molar-refractivity contribution < 1.29 is 14.3 Å². The van der Waals surface area contributed by atoms with Gasteiger partial charge in [-0.3, -0.25) is 9.48 Å². The summed E-state index contributed by atoms with van der Waals surface area (Å²) < 4.78 is 13.4. The van der Waals surface area contributed by atoms with E-state index in [2.05, 4.69) is 10.4 Å². The Morgan fingerprint density at radius 3 is 2.85 bits per heavy atom. The van der Waals surface area contributed by atoms with Crippen LogP contribution in [0.3, 0.4) is 0 Å². The van der Waals surface area contributed by atoms with E-state index in [9.17, 15) is 4.79 Å². The highest BCUT2D eigenvalue weighted by Gasteiger charge is 2.18. The predicted octanol–water partition coefficient (Wildman–Crippen LogP) is 3.08. The van der Waals surface area contributed by atoms with Gasteiger partial charge in [-0.25, -0.2) is 0 Å². The minimum atomic E-state index is -0.0741. The van der Waals surface area contributed by atoms with Crippen molar-refractivity contribution in [3.05, 3.63) is 40.7 Å². The lowest BCUT2D eigenvalue weighted by Gasteiger charge is -2.16. The molecular weight excluding hydrogens is 330 g/mol. The number of ether oxygens (including phenoxy) is 2. The van der Waals surface area contributed by atoms with Gasteiger partial charge in [0.25, 0.3) is 0 Å². The minimum Gasteiger partial charge on any atom is -0.489 e. The fraction of sp³-hybridized carbons (Fsp3) is 0.500. The third kappa shape index (κ3) is 4.25. The van der Waals surface area contributed by atoms with Crippen LogP contribution in [0.4, 0.5) is 5.69 Å². The molecule has 1 atom stereocenters. The smallest absolute Gasteiger partial charge is 0.229 e. The zero-order valence-electron chi connectivity index (χ0n) is 16.0. The minimum absolute atomic E-state index is 0.0741. The SMILES string of the molecule is Cc1ccc(NC(=O)Cc2c(C)nn(C)c2C)c(OCC2CCCO2)c1. The first-order valence-electron chi connectivity index (χ1n) is 9.08. The van der Waals surface area contributed by atoms with E-state index >= 15 is 0 Å². The van der Waals surface area contributed by atoms with Crippen LogP contribution < -0.4 is 10.1 Å². The van der Waals surface area contributed by atoms with Crippen LogP contribution in [0.2, 0.25) is 0 Å². The summed E-state index contributed by atoms with van der Waals surface area (Å²) in [6.45, 7) is 7.22. The molecule has 1 amide bonds. The molecule has 3 rings (SSSR count). The van der Waals surface area contributed by atoms with Crippen molar-refractivity contribution in [2.24, 2.45) is 7.05 Å².